The van der Waals surface area contributed by atoms with Crippen molar-refractivity contribution in [1.29, 1.82) is 0 Å². The zero-order chi connectivity index (χ0) is 16.4. The van der Waals surface area contributed by atoms with Crippen LogP contribution >= 0.6 is 22.2 Å². The van der Waals surface area contributed by atoms with Crippen LogP contribution < -0.4 is 0 Å². The Hall–Kier alpha value is -0.400. The second-order valence-electron chi connectivity index (χ2n) is 6.26. The van der Waals surface area contributed by atoms with E-state index in [9.17, 15) is 0 Å². The summed E-state index contributed by atoms with van der Waals surface area (Å²) in [6.07, 6.45) is 9.70. The molecule has 0 fully saturated rings. The summed E-state index contributed by atoms with van der Waals surface area (Å²) in [4.78, 5) is 0. The van der Waals surface area contributed by atoms with Crippen molar-refractivity contribution in [1.82, 2.24) is 0 Å². The van der Waals surface area contributed by atoms with E-state index in [4.69, 9.17) is 22.2 Å². The van der Waals surface area contributed by atoms with Crippen molar-refractivity contribution < 1.29 is 26.2 Å². The fourth-order valence-electron chi connectivity index (χ4n) is 2.91. The number of rotatable bonds is 1. The number of hydrogen-bond donors (Lipinski definition) is 0. The van der Waals surface area contributed by atoms with E-state index in [0.29, 0.717) is 5.92 Å². The third kappa shape index (κ3) is 5.05. The van der Waals surface area contributed by atoms with Crippen molar-refractivity contribution >= 4 is 28.9 Å². The van der Waals surface area contributed by atoms with Gasteiger partial charge in [-0.15, -0.1) is 33.3 Å². The van der Waals surface area contributed by atoms with Crippen LogP contribution in [0.1, 0.15) is 22.6 Å². The first-order valence-corrected chi connectivity index (χ1v) is 12.8. The molecule has 2 aliphatic rings. The first-order valence-electron chi connectivity index (χ1n) is 7.78. The van der Waals surface area contributed by atoms with E-state index in [2.05, 4.69) is 66.8 Å². The van der Waals surface area contributed by atoms with Gasteiger partial charge in [0.05, 0.1) is 0 Å². The molecule has 0 nitrogen and oxygen atoms in total. The van der Waals surface area contributed by atoms with Crippen LogP contribution in [0.15, 0.2) is 60.7 Å². The molecule has 0 atom stereocenters. The summed E-state index contributed by atoms with van der Waals surface area (Å²) in [6.45, 7) is 2.05. The van der Waals surface area contributed by atoms with Crippen LogP contribution in [0.25, 0.3) is 11.1 Å². The van der Waals surface area contributed by atoms with Crippen LogP contribution in [-0.2, 0) is 32.6 Å². The van der Waals surface area contributed by atoms with Crippen molar-refractivity contribution in [3.8, 4) is 11.1 Å². The van der Waals surface area contributed by atoms with Gasteiger partial charge in [-0.2, -0.15) is 23.8 Å². The summed E-state index contributed by atoms with van der Waals surface area (Å²) >= 11 is 10.9. The van der Waals surface area contributed by atoms with Gasteiger partial charge in [-0.05, 0) is 25.4 Å². The molecule has 2 aromatic carbocycles. The van der Waals surface area contributed by atoms with E-state index in [-0.39, 0.29) is 26.2 Å². The predicted molar refractivity (Wildman–Crippen MR) is 104 cm³/mol. The maximum absolute atomic E-state index is 5.43. The first kappa shape index (κ1) is 19.9. The fraction of sp³-hybridized carbons (Fsp3) is 0.200. The standard InChI is InChI=1S/C18H13.C2H6Cl2Si.Zr/c1-2-6-13(5-1)14-9-10-18-16(11-14)12-15-7-3-4-8-17(15)18;1-5(2,3)4;/h1-10,13H,12H2;1-2H3;/q-1;;. The Balaban J connectivity index is 0.000000309. The van der Waals surface area contributed by atoms with Crippen molar-refractivity contribution in [2.45, 2.75) is 25.4 Å². The number of halogens is 2. The van der Waals surface area contributed by atoms with E-state index in [1.54, 1.807) is 0 Å². The maximum atomic E-state index is 5.43. The minimum absolute atomic E-state index is 0. The SMILES string of the molecule is C[Si](C)(Cl)Cl.[Zr].[c-]1c(C2C=CC=C2)ccc2c1Cc1ccccc1-2. The fourth-order valence-corrected chi connectivity index (χ4v) is 2.91. The number of benzene rings is 2. The molecular weight excluding hydrogens is 430 g/mol. The minimum Gasteiger partial charge on any atom is -0.175 e. The predicted octanol–water partition coefficient (Wildman–Crippen LogP) is 6.43. The quantitative estimate of drug-likeness (QED) is 0.228. The molecule has 0 radical (unpaired) electrons. The Labute approximate surface area is 174 Å². The molecular formula is C20H19Cl2SiZr-. The topological polar surface area (TPSA) is 0 Å². The molecule has 4 rings (SSSR count). The Morgan fingerprint density at radius 3 is 2.25 bits per heavy atom. The van der Waals surface area contributed by atoms with E-state index < -0.39 is 6.69 Å². The van der Waals surface area contributed by atoms with Gasteiger partial charge in [0.15, 0.2) is 0 Å². The van der Waals surface area contributed by atoms with Gasteiger partial charge in [0.2, 0.25) is 6.69 Å². The largest absolute Gasteiger partial charge is 0.245 e. The molecule has 0 spiro atoms. The van der Waals surface area contributed by atoms with Crippen LogP contribution in [0.3, 0.4) is 0 Å². The van der Waals surface area contributed by atoms with Gasteiger partial charge in [-0.25, -0.2) is 0 Å². The van der Waals surface area contributed by atoms with Crippen LogP contribution in [0.5, 0.6) is 0 Å². The van der Waals surface area contributed by atoms with Gasteiger partial charge in [-0.1, -0.05) is 59.7 Å². The molecule has 0 N–H and O–H groups in total. The third-order valence-corrected chi connectivity index (χ3v) is 3.83. The second-order valence-corrected chi connectivity index (χ2v) is 15.2. The number of allylic oxidation sites excluding steroid dienone is 4. The van der Waals surface area contributed by atoms with E-state index in [1.807, 2.05) is 13.1 Å². The number of hydrogen-bond acceptors (Lipinski definition) is 0. The molecule has 24 heavy (non-hydrogen) atoms. The average molecular weight is 450 g/mol. The zero-order valence-corrected chi connectivity index (χ0v) is 18.8. The van der Waals surface area contributed by atoms with Gasteiger partial charge in [0.1, 0.15) is 0 Å². The Morgan fingerprint density at radius 2 is 1.58 bits per heavy atom. The van der Waals surface area contributed by atoms with Crippen LogP contribution in [0.2, 0.25) is 13.1 Å². The molecule has 0 aliphatic heterocycles. The summed E-state index contributed by atoms with van der Waals surface area (Å²) in [5, 5.41) is 0. The van der Waals surface area contributed by atoms with Crippen molar-refractivity contribution in [3.63, 3.8) is 0 Å². The average Bonchev–Trinajstić information content (AvgIpc) is 3.12. The molecule has 2 aliphatic carbocycles. The summed E-state index contributed by atoms with van der Waals surface area (Å²) < 4.78 is 0. The third-order valence-electron chi connectivity index (χ3n) is 3.83. The van der Waals surface area contributed by atoms with E-state index >= 15 is 0 Å². The molecule has 0 unspecified atom stereocenters. The minimum atomic E-state index is -1.67. The molecule has 0 aromatic heterocycles. The molecule has 0 saturated carbocycles. The van der Waals surface area contributed by atoms with E-state index in [0.717, 1.165) is 6.42 Å². The monoisotopic (exact) mass is 447 g/mol. The summed E-state index contributed by atoms with van der Waals surface area (Å²) in [5.41, 5.74) is 6.81. The van der Waals surface area contributed by atoms with Crippen molar-refractivity contribution in [2.24, 2.45) is 0 Å². The van der Waals surface area contributed by atoms with Crippen molar-refractivity contribution in [2.75, 3.05) is 0 Å². The molecule has 0 heterocycles. The Kier molecular flexibility index (Phi) is 6.90. The molecule has 2 aromatic rings. The summed E-state index contributed by atoms with van der Waals surface area (Å²) in [6, 6.07) is 16.7. The Bertz CT molecular complexity index is 757. The summed E-state index contributed by atoms with van der Waals surface area (Å²) in [5.74, 6) is 0.416. The molecule has 122 valence electrons. The van der Waals surface area contributed by atoms with Crippen molar-refractivity contribution in [3.05, 3.63) is 83.5 Å². The smallest absolute Gasteiger partial charge is 0.175 e. The molecule has 0 amide bonds. The van der Waals surface area contributed by atoms with Gasteiger partial charge in [0, 0.05) is 26.2 Å². The second kappa shape index (κ2) is 8.32. The van der Waals surface area contributed by atoms with Gasteiger partial charge >= 0.3 is 0 Å². The van der Waals surface area contributed by atoms with Gasteiger partial charge in [-0.3, -0.25) is 0 Å². The molecule has 0 saturated heterocycles. The van der Waals surface area contributed by atoms with Crippen LogP contribution in [-0.4, -0.2) is 6.69 Å². The maximum Gasteiger partial charge on any atom is 0.245 e. The Morgan fingerprint density at radius 1 is 0.958 bits per heavy atom. The normalized spacial score (nSPS) is 14.5. The van der Waals surface area contributed by atoms with Crippen LogP contribution in [0, 0.1) is 6.07 Å². The first-order chi connectivity index (χ1) is 10.9. The zero-order valence-electron chi connectivity index (χ0n) is 13.8. The van der Waals surface area contributed by atoms with Crippen LogP contribution in [0.4, 0.5) is 0 Å². The molecule has 0 bridgehead atoms. The summed E-state index contributed by atoms with van der Waals surface area (Å²) in [7, 11) is 0. The number of fused-ring (bicyclic) bond motifs is 3. The molecule has 4 heteroatoms. The van der Waals surface area contributed by atoms with Gasteiger partial charge in [0.25, 0.3) is 0 Å². The van der Waals surface area contributed by atoms with E-state index in [1.165, 1.54) is 27.8 Å². The van der Waals surface area contributed by atoms with Gasteiger partial charge < -0.3 is 0 Å².